The fourth-order valence-electron chi connectivity index (χ4n) is 1.68. The summed E-state index contributed by atoms with van der Waals surface area (Å²) in [4.78, 5) is 23.6. The van der Waals surface area contributed by atoms with E-state index in [1.54, 1.807) is 11.8 Å². The SMILES string of the molecule is CC(C)Sc1nnc(NC(=O)CCNC(=O)c2ccc(F)cc2)s1. The lowest BCUT2D eigenvalue weighted by Crippen LogP contribution is -2.27. The molecule has 2 amide bonds. The molecular formula is C15H17FN4O2S2. The van der Waals surface area contributed by atoms with Crippen molar-refractivity contribution in [1.82, 2.24) is 15.5 Å². The Morgan fingerprint density at radius 2 is 1.96 bits per heavy atom. The van der Waals surface area contributed by atoms with Crippen molar-refractivity contribution in [2.75, 3.05) is 11.9 Å². The summed E-state index contributed by atoms with van der Waals surface area (Å²) >= 11 is 2.89. The van der Waals surface area contributed by atoms with E-state index >= 15 is 0 Å². The molecule has 0 unspecified atom stereocenters. The van der Waals surface area contributed by atoms with Gasteiger partial charge >= 0.3 is 0 Å². The Balaban J connectivity index is 1.74. The standard InChI is InChI=1S/C15H17FN4O2S2/c1-9(2)23-15-20-19-14(24-15)18-12(21)7-8-17-13(22)10-3-5-11(16)6-4-10/h3-6,9H,7-8H2,1-2H3,(H,17,22)(H,18,19,21). The molecule has 128 valence electrons. The van der Waals surface area contributed by atoms with Crippen molar-refractivity contribution in [3.05, 3.63) is 35.6 Å². The van der Waals surface area contributed by atoms with Crippen LogP contribution in [0.5, 0.6) is 0 Å². The first-order chi connectivity index (χ1) is 11.4. The molecule has 2 N–H and O–H groups in total. The largest absolute Gasteiger partial charge is 0.352 e. The smallest absolute Gasteiger partial charge is 0.251 e. The first kappa shape index (κ1) is 18.3. The molecular weight excluding hydrogens is 351 g/mol. The topological polar surface area (TPSA) is 84.0 Å². The second-order valence-electron chi connectivity index (χ2n) is 5.10. The van der Waals surface area contributed by atoms with Crippen molar-refractivity contribution >= 4 is 40.0 Å². The fourth-order valence-corrected chi connectivity index (χ4v) is 3.68. The van der Waals surface area contributed by atoms with Gasteiger partial charge in [0.1, 0.15) is 5.82 Å². The molecule has 24 heavy (non-hydrogen) atoms. The number of halogens is 1. The number of nitrogens with zero attached hydrogens (tertiary/aromatic N) is 2. The lowest BCUT2D eigenvalue weighted by atomic mass is 10.2. The van der Waals surface area contributed by atoms with Gasteiger partial charge in [-0.1, -0.05) is 36.9 Å². The molecule has 1 aromatic carbocycles. The highest BCUT2D eigenvalue weighted by Crippen LogP contribution is 2.28. The minimum Gasteiger partial charge on any atom is -0.352 e. The van der Waals surface area contributed by atoms with Gasteiger partial charge in [-0.05, 0) is 24.3 Å². The zero-order valence-electron chi connectivity index (χ0n) is 13.2. The Labute approximate surface area is 147 Å². The maximum atomic E-state index is 12.8. The van der Waals surface area contributed by atoms with Gasteiger partial charge in [-0.3, -0.25) is 9.59 Å². The highest BCUT2D eigenvalue weighted by molar-refractivity contribution is 8.01. The number of amides is 2. The van der Waals surface area contributed by atoms with E-state index in [0.717, 1.165) is 4.34 Å². The van der Waals surface area contributed by atoms with Crippen molar-refractivity contribution in [1.29, 1.82) is 0 Å². The predicted octanol–water partition coefficient (Wildman–Crippen LogP) is 2.94. The van der Waals surface area contributed by atoms with Gasteiger partial charge in [0.15, 0.2) is 4.34 Å². The molecule has 0 saturated carbocycles. The highest BCUT2D eigenvalue weighted by Gasteiger charge is 2.11. The Morgan fingerprint density at radius 1 is 1.25 bits per heavy atom. The quantitative estimate of drug-likeness (QED) is 0.580. The van der Waals surface area contributed by atoms with E-state index in [1.807, 2.05) is 13.8 Å². The van der Waals surface area contributed by atoms with E-state index in [0.29, 0.717) is 15.9 Å². The van der Waals surface area contributed by atoms with Gasteiger partial charge < -0.3 is 10.6 Å². The van der Waals surface area contributed by atoms with E-state index in [1.165, 1.54) is 35.6 Å². The summed E-state index contributed by atoms with van der Waals surface area (Å²) in [5, 5.41) is 14.0. The number of hydrogen-bond donors (Lipinski definition) is 2. The third kappa shape index (κ3) is 5.89. The van der Waals surface area contributed by atoms with Crippen LogP contribution in [0.1, 0.15) is 30.6 Å². The first-order valence-corrected chi connectivity index (χ1v) is 8.97. The van der Waals surface area contributed by atoms with Gasteiger partial charge in [-0.15, -0.1) is 10.2 Å². The summed E-state index contributed by atoms with van der Waals surface area (Å²) in [6.45, 7) is 4.27. The van der Waals surface area contributed by atoms with Gasteiger partial charge in [0.05, 0.1) is 0 Å². The maximum absolute atomic E-state index is 12.8. The van der Waals surface area contributed by atoms with E-state index in [2.05, 4.69) is 20.8 Å². The second-order valence-corrected chi connectivity index (χ2v) is 7.90. The number of nitrogens with one attached hydrogen (secondary N) is 2. The molecule has 1 heterocycles. The molecule has 0 bridgehead atoms. The highest BCUT2D eigenvalue weighted by atomic mass is 32.2. The molecule has 0 saturated heterocycles. The number of rotatable bonds is 7. The van der Waals surface area contributed by atoms with Crippen LogP contribution in [0, 0.1) is 5.82 Å². The van der Waals surface area contributed by atoms with Crippen LogP contribution >= 0.6 is 23.1 Å². The first-order valence-electron chi connectivity index (χ1n) is 7.28. The molecule has 0 radical (unpaired) electrons. The number of hydrogen-bond acceptors (Lipinski definition) is 6. The average Bonchev–Trinajstić information content (AvgIpc) is 2.93. The normalized spacial score (nSPS) is 10.7. The Hall–Kier alpha value is -2.00. The van der Waals surface area contributed by atoms with Crippen LogP contribution in [-0.4, -0.2) is 33.8 Å². The van der Waals surface area contributed by atoms with Crippen LogP contribution in [0.15, 0.2) is 28.6 Å². The van der Waals surface area contributed by atoms with Crippen molar-refractivity contribution < 1.29 is 14.0 Å². The van der Waals surface area contributed by atoms with Crippen LogP contribution in [0.2, 0.25) is 0 Å². The maximum Gasteiger partial charge on any atom is 0.251 e. The van der Waals surface area contributed by atoms with Gasteiger partial charge in [0, 0.05) is 23.8 Å². The lowest BCUT2D eigenvalue weighted by Gasteiger charge is -2.05. The number of aromatic nitrogens is 2. The van der Waals surface area contributed by atoms with Gasteiger partial charge in [0.2, 0.25) is 11.0 Å². The van der Waals surface area contributed by atoms with Gasteiger partial charge in [-0.25, -0.2) is 4.39 Å². The number of thioether (sulfide) groups is 1. The van der Waals surface area contributed by atoms with Crippen LogP contribution < -0.4 is 10.6 Å². The zero-order chi connectivity index (χ0) is 17.5. The summed E-state index contributed by atoms with van der Waals surface area (Å²) in [5.74, 6) is -1.01. The van der Waals surface area contributed by atoms with Crippen LogP contribution in [0.3, 0.4) is 0 Å². The Bertz CT molecular complexity index is 704. The molecule has 0 fully saturated rings. The molecule has 0 aliphatic rings. The van der Waals surface area contributed by atoms with Crippen molar-refractivity contribution in [3.63, 3.8) is 0 Å². The predicted molar refractivity (Wildman–Crippen MR) is 92.9 cm³/mol. The third-order valence-electron chi connectivity index (χ3n) is 2.73. The Kier molecular flexibility index (Phi) is 6.68. The number of anilines is 1. The summed E-state index contributed by atoms with van der Waals surface area (Å²) in [5.41, 5.74) is 0.344. The van der Waals surface area contributed by atoms with Gasteiger partial charge in [0.25, 0.3) is 5.91 Å². The van der Waals surface area contributed by atoms with E-state index in [-0.39, 0.29) is 24.8 Å². The number of carbonyl (C=O) groups excluding carboxylic acids is 2. The minimum absolute atomic E-state index is 0.110. The molecule has 6 nitrogen and oxygen atoms in total. The molecule has 2 rings (SSSR count). The molecule has 0 spiro atoms. The van der Waals surface area contributed by atoms with Crippen molar-refractivity contribution in [2.24, 2.45) is 0 Å². The molecule has 0 atom stereocenters. The van der Waals surface area contributed by atoms with E-state index in [9.17, 15) is 14.0 Å². The van der Waals surface area contributed by atoms with Gasteiger partial charge in [-0.2, -0.15) is 0 Å². The summed E-state index contributed by atoms with van der Waals surface area (Å²) in [7, 11) is 0. The minimum atomic E-state index is -0.405. The summed E-state index contributed by atoms with van der Waals surface area (Å²) in [6.07, 6.45) is 0.110. The Morgan fingerprint density at radius 3 is 2.62 bits per heavy atom. The summed E-state index contributed by atoms with van der Waals surface area (Å²) in [6, 6.07) is 5.20. The van der Waals surface area contributed by atoms with Crippen LogP contribution in [0.4, 0.5) is 9.52 Å². The number of benzene rings is 1. The molecule has 0 aliphatic heterocycles. The molecule has 0 aliphatic carbocycles. The number of carbonyl (C=O) groups is 2. The van der Waals surface area contributed by atoms with Crippen LogP contribution in [0.25, 0.3) is 0 Å². The van der Waals surface area contributed by atoms with Crippen molar-refractivity contribution in [2.45, 2.75) is 29.9 Å². The summed E-state index contributed by atoms with van der Waals surface area (Å²) < 4.78 is 13.6. The second kappa shape index (κ2) is 8.74. The molecule has 9 heteroatoms. The third-order valence-corrected chi connectivity index (χ3v) is 4.66. The van der Waals surface area contributed by atoms with E-state index < -0.39 is 5.82 Å². The van der Waals surface area contributed by atoms with Crippen molar-refractivity contribution in [3.8, 4) is 0 Å². The van der Waals surface area contributed by atoms with E-state index in [4.69, 9.17) is 0 Å². The zero-order valence-corrected chi connectivity index (χ0v) is 14.8. The fraction of sp³-hybridized carbons (Fsp3) is 0.333. The molecule has 1 aromatic heterocycles. The monoisotopic (exact) mass is 368 g/mol. The van der Waals surface area contributed by atoms with Crippen LogP contribution in [-0.2, 0) is 4.79 Å². The molecule has 2 aromatic rings. The average molecular weight is 368 g/mol. The lowest BCUT2D eigenvalue weighted by molar-refractivity contribution is -0.116.